The smallest absolute Gasteiger partial charge is 0.308 e. The molecular formula is C21H29N3O5S. The number of carbonyl (C=O) groups excluding carboxylic acids is 3. The first-order chi connectivity index (χ1) is 14.4. The van der Waals surface area contributed by atoms with Gasteiger partial charge in [-0.3, -0.25) is 19.7 Å². The number of amides is 2. The van der Waals surface area contributed by atoms with Crippen LogP contribution in [0.2, 0.25) is 0 Å². The predicted octanol–water partition coefficient (Wildman–Crippen LogP) is 2.02. The first-order valence-electron chi connectivity index (χ1n) is 10.2. The molecule has 0 saturated carbocycles. The fraction of sp³-hybridized carbons (Fsp3) is 0.524. The second-order valence-electron chi connectivity index (χ2n) is 7.02. The SMILES string of the molecule is CCCOc1ccccc1C(=O)NC(=S)N1CCNC(=O)C1CC(=O)OC(C)CC. The number of esters is 1. The quantitative estimate of drug-likeness (QED) is 0.476. The minimum Gasteiger partial charge on any atom is -0.493 e. The van der Waals surface area contributed by atoms with Gasteiger partial charge in [-0.25, -0.2) is 0 Å². The molecule has 2 rings (SSSR count). The molecule has 0 aliphatic carbocycles. The summed E-state index contributed by atoms with van der Waals surface area (Å²) in [4.78, 5) is 38.9. The number of hydrogen-bond donors (Lipinski definition) is 2. The van der Waals surface area contributed by atoms with Crippen LogP contribution in [0.4, 0.5) is 0 Å². The van der Waals surface area contributed by atoms with Crippen LogP contribution in [0.3, 0.4) is 0 Å². The molecule has 1 fully saturated rings. The molecule has 2 N–H and O–H groups in total. The van der Waals surface area contributed by atoms with Crippen LogP contribution in [0.1, 0.15) is 50.4 Å². The predicted molar refractivity (Wildman–Crippen MR) is 116 cm³/mol. The van der Waals surface area contributed by atoms with Crippen molar-refractivity contribution in [1.29, 1.82) is 0 Å². The Hall–Kier alpha value is -2.68. The van der Waals surface area contributed by atoms with E-state index in [-0.39, 0.29) is 23.5 Å². The summed E-state index contributed by atoms with van der Waals surface area (Å²) in [6.07, 6.45) is 1.11. The number of thiocarbonyl (C=S) groups is 1. The maximum Gasteiger partial charge on any atom is 0.308 e. The van der Waals surface area contributed by atoms with Gasteiger partial charge in [0.2, 0.25) is 5.91 Å². The largest absolute Gasteiger partial charge is 0.493 e. The van der Waals surface area contributed by atoms with Crippen LogP contribution >= 0.6 is 12.2 Å². The highest BCUT2D eigenvalue weighted by molar-refractivity contribution is 7.80. The van der Waals surface area contributed by atoms with E-state index in [2.05, 4.69) is 10.6 Å². The molecule has 9 heteroatoms. The van der Waals surface area contributed by atoms with Crippen LogP contribution in [0.25, 0.3) is 0 Å². The number of hydrogen-bond acceptors (Lipinski definition) is 6. The Morgan fingerprint density at radius 3 is 2.77 bits per heavy atom. The third kappa shape index (κ3) is 6.41. The Morgan fingerprint density at radius 1 is 1.33 bits per heavy atom. The molecule has 8 nitrogen and oxygen atoms in total. The van der Waals surface area contributed by atoms with Crippen molar-refractivity contribution in [1.82, 2.24) is 15.5 Å². The third-order valence-electron chi connectivity index (χ3n) is 4.67. The fourth-order valence-electron chi connectivity index (χ4n) is 2.90. The van der Waals surface area contributed by atoms with Crippen molar-refractivity contribution >= 4 is 35.1 Å². The highest BCUT2D eigenvalue weighted by Crippen LogP contribution is 2.19. The van der Waals surface area contributed by atoms with Crippen LogP contribution in [-0.2, 0) is 14.3 Å². The zero-order valence-corrected chi connectivity index (χ0v) is 18.4. The summed E-state index contributed by atoms with van der Waals surface area (Å²) >= 11 is 5.40. The summed E-state index contributed by atoms with van der Waals surface area (Å²) in [5.74, 6) is -0.780. The third-order valence-corrected chi connectivity index (χ3v) is 5.01. The van der Waals surface area contributed by atoms with Crippen molar-refractivity contribution in [3.05, 3.63) is 29.8 Å². The van der Waals surface area contributed by atoms with Gasteiger partial charge in [-0.1, -0.05) is 26.0 Å². The molecule has 1 aromatic rings. The maximum atomic E-state index is 12.8. The molecule has 0 radical (unpaired) electrons. The van der Waals surface area contributed by atoms with E-state index < -0.39 is 17.9 Å². The zero-order valence-electron chi connectivity index (χ0n) is 17.6. The number of carbonyl (C=O) groups is 3. The molecule has 1 heterocycles. The first kappa shape index (κ1) is 23.6. The van der Waals surface area contributed by atoms with Gasteiger partial charge in [-0.15, -0.1) is 0 Å². The van der Waals surface area contributed by atoms with Crippen molar-refractivity contribution < 1.29 is 23.9 Å². The average Bonchev–Trinajstić information content (AvgIpc) is 2.73. The minimum atomic E-state index is -0.838. The van der Waals surface area contributed by atoms with E-state index in [4.69, 9.17) is 21.7 Å². The maximum absolute atomic E-state index is 12.8. The monoisotopic (exact) mass is 435 g/mol. The number of nitrogens with zero attached hydrogens (tertiary/aromatic N) is 1. The lowest BCUT2D eigenvalue weighted by Crippen LogP contribution is -2.60. The second kappa shape index (κ2) is 11.5. The minimum absolute atomic E-state index is 0.0847. The number of piperazine rings is 1. The van der Waals surface area contributed by atoms with E-state index in [0.717, 1.165) is 6.42 Å². The Bertz CT molecular complexity index is 786. The summed E-state index contributed by atoms with van der Waals surface area (Å²) in [5.41, 5.74) is 0.350. The van der Waals surface area contributed by atoms with Crippen LogP contribution in [0, 0.1) is 0 Å². The van der Waals surface area contributed by atoms with E-state index in [1.165, 1.54) is 0 Å². The molecule has 1 aliphatic rings. The van der Waals surface area contributed by atoms with Gasteiger partial charge < -0.3 is 19.7 Å². The van der Waals surface area contributed by atoms with E-state index >= 15 is 0 Å². The summed E-state index contributed by atoms with van der Waals surface area (Å²) in [7, 11) is 0. The molecular weight excluding hydrogens is 406 g/mol. The highest BCUT2D eigenvalue weighted by atomic mass is 32.1. The molecule has 1 aromatic carbocycles. The van der Waals surface area contributed by atoms with Crippen LogP contribution < -0.4 is 15.4 Å². The van der Waals surface area contributed by atoms with Gasteiger partial charge in [-0.05, 0) is 44.1 Å². The molecule has 0 aromatic heterocycles. The van der Waals surface area contributed by atoms with E-state index in [1.807, 2.05) is 13.8 Å². The van der Waals surface area contributed by atoms with Gasteiger partial charge in [0.1, 0.15) is 11.8 Å². The van der Waals surface area contributed by atoms with Gasteiger partial charge in [0.05, 0.1) is 24.7 Å². The summed E-state index contributed by atoms with van der Waals surface area (Å²) in [5, 5.41) is 5.48. The van der Waals surface area contributed by atoms with Crippen molar-refractivity contribution in [2.24, 2.45) is 0 Å². The Balaban J connectivity index is 2.09. The number of para-hydroxylation sites is 1. The van der Waals surface area contributed by atoms with E-state index in [1.54, 1.807) is 36.1 Å². The van der Waals surface area contributed by atoms with E-state index in [9.17, 15) is 14.4 Å². The van der Waals surface area contributed by atoms with Crippen molar-refractivity contribution in [2.45, 2.75) is 52.2 Å². The average molecular weight is 436 g/mol. The molecule has 164 valence electrons. The molecule has 2 amide bonds. The second-order valence-corrected chi connectivity index (χ2v) is 7.40. The molecule has 2 unspecified atom stereocenters. The van der Waals surface area contributed by atoms with Gasteiger partial charge >= 0.3 is 5.97 Å². The molecule has 1 saturated heterocycles. The highest BCUT2D eigenvalue weighted by Gasteiger charge is 2.34. The Morgan fingerprint density at radius 2 is 2.07 bits per heavy atom. The lowest BCUT2D eigenvalue weighted by molar-refractivity contribution is -0.151. The Kier molecular flexibility index (Phi) is 9.04. The van der Waals surface area contributed by atoms with Gasteiger partial charge in [0.25, 0.3) is 5.91 Å². The standard InChI is InChI=1S/C21H29N3O5S/c1-4-12-28-17-9-7-6-8-15(17)19(26)23-21(30)24-11-10-22-20(27)16(24)13-18(25)29-14(3)5-2/h6-9,14,16H,4-5,10-13H2,1-3H3,(H,22,27)(H,23,26,30). The topological polar surface area (TPSA) is 97.0 Å². The van der Waals surface area contributed by atoms with Gasteiger partial charge in [0, 0.05) is 13.1 Å². The summed E-state index contributed by atoms with van der Waals surface area (Å²) < 4.78 is 10.9. The van der Waals surface area contributed by atoms with Gasteiger partial charge in [-0.2, -0.15) is 0 Å². The molecule has 1 aliphatic heterocycles. The van der Waals surface area contributed by atoms with Crippen molar-refractivity contribution in [3.8, 4) is 5.75 Å². The lowest BCUT2D eigenvalue weighted by Gasteiger charge is -2.36. The summed E-state index contributed by atoms with van der Waals surface area (Å²) in [6.45, 7) is 6.90. The number of ether oxygens (including phenoxy) is 2. The number of benzene rings is 1. The van der Waals surface area contributed by atoms with Gasteiger partial charge in [0.15, 0.2) is 5.11 Å². The number of rotatable bonds is 8. The van der Waals surface area contributed by atoms with Crippen molar-refractivity contribution in [2.75, 3.05) is 19.7 Å². The number of nitrogens with one attached hydrogen (secondary N) is 2. The van der Waals surface area contributed by atoms with E-state index in [0.29, 0.717) is 37.4 Å². The molecule has 0 bridgehead atoms. The molecule has 2 atom stereocenters. The van der Waals surface area contributed by atoms with Crippen molar-refractivity contribution in [3.63, 3.8) is 0 Å². The first-order valence-corrected chi connectivity index (χ1v) is 10.6. The lowest BCUT2D eigenvalue weighted by atomic mass is 10.1. The Labute approximate surface area is 182 Å². The molecule has 30 heavy (non-hydrogen) atoms. The van der Waals surface area contributed by atoms with Crippen LogP contribution in [-0.4, -0.2) is 59.6 Å². The summed E-state index contributed by atoms with van der Waals surface area (Å²) in [6, 6.07) is 6.05. The normalized spacial score (nSPS) is 17.0. The molecule has 0 spiro atoms. The van der Waals surface area contributed by atoms with Crippen LogP contribution in [0.15, 0.2) is 24.3 Å². The fourth-order valence-corrected chi connectivity index (χ4v) is 3.21. The zero-order chi connectivity index (χ0) is 22.1. The van der Waals surface area contributed by atoms with Crippen LogP contribution in [0.5, 0.6) is 5.75 Å².